The summed E-state index contributed by atoms with van der Waals surface area (Å²) < 4.78 is 5.67. The Balaban J connectivity index is 1.91. The van der Waals surface area contributed by atoms with Gasteiger partial charge in [0.15, 0.2) is 0 Å². The van der Waals surface area contributed by atoms with E-state index in [4.69, 9.17) is 4.74 Å². The van der Waals surface area contributed by atoms with Gasteiger partial charge in [-0.25, -0.2) is 0 Å². The molecule has 0 aromatic rings. The molecule has 2 unspecified atom stereocenters. The minimum Gasteiger partial charge on any atom is -0.395 e. The Morgan fingerprint density at radius 1 is 1.42 bits per heavy atom. The van der Waals surface area contributed by atoms with Crippen LogP contribution in [0, 0.1) is 5.41 Å². The average Bonchev–Trinajstić information content (AvgIpc) is 2.88. The van der Waals surface area contributed by atoms with E-state index in [1.54, 1.807) is 0 Å². The lowest BCUT2D eigenvalue weighted by molar-refractivity contribution is 0.0403. The molecule has 2 fully saturated rings. The molecule has 2 aliphatic heterocycles. The molecular weight excluding hydrogens is 240 g/mol. The zero-order valence-electron chi connectivity index (χ0n) is 12.4. The Morgan fingerprint density at radius 2 is 2.32 bits per heavy atom. The first kappa shape index (κ1) is 15.2. The van der Waals surface area contributed by atoms with E-state index in [-0.39, 0.29) is 5.41 Å². The Labute approximate surface area is 117 Å². The summed E-state index contributed by atoms with van der Waals surface area (Å²) in [5, 5.41) is 13.1. The van der Waals surface area contributed by atoms with Crippen molar-refractivity contribution in [2.45, 2.75) is 45.1 Å². The number of nitrogens with zero attached hydrogens (tertiary/aromatic N) is 1. The van der Waals surface area contributed by atoms with Crippen molar-refractivity contribution in [1.29, 1.82) is 0 Å². The van der Waals surface area contributed by atoms with E-state index in [9.17, 15) is 5.11 Å². The van der Waals surface area contributed by atoms with E-state index in [0.717, 1.165) is 52.2 Å². The number of hydrogen-bond acceptors (Lipinski definition) is 4. The number of piperidine rings is 1. The van der Waals surface area contributed by atoms with Crippen LogP contribution in [-0.2, 0) is 4.74 Å². The van der Waals surface area contributed by atoms with E-state index < -0.39 is 0 Å². The maximum atomic E-state index is 9.54. The third kappa shape index (κ3) is 4.15. The van der Waals surface area contributed by atoms with E-state index in [0.29, 0.717) is 12.6 Å². The van der Waals surface area contributed by atoms with Gasteiger partial charge in [-0.15, -0.1) is 0 Å². The number of ether oxygens (including phenoxy) is 1. The van der Waals surface area contributed by atoms with Gasteiger partial charge in [-0.2, -0.15) is 0 Å². The topological polar surface area (TPSA) is 44.7 Å². The predicted molar refractivity (Wildman–Crippen MR) is 77.3 cm³/mol. The van der Waals surface area contributed by atoms with Crippen LogP contribution < -0.4 is 5.32 Å². The summed E-state index contributed by atoms with van der Waals surface area (Å²) in [5.41, 5.74) is 0.264. The maximum absolute atomic E-state index is 9.54. The van der Waals surface area contributed by atoms with Crippen LogP contribution in [-0.4, -0.2) is 62.0 Å². The Morgan fingerprint density at radius 3 is 3.00 bits per heavy atom. The van der Waals surface area contributed by atoms with Gasteiger partial charge >= 0.3 is 0 Å². The summed E-state index contributed by atoms with van der Waals surface area (Å²) in [5.74, 6) is 0. The van der Waals surface area contributed by atoms with Gasteiger partial charge in [-0.05, 0) is 38.8 Å². The number of rotatable bonds is 7. The smallest absolute Gasteiger partial charge is 0.0586 e. The van der Waals surface area contributed by atoms with Gasteiger partial charge in [0.2, 0.25) is 0 Å². The fourth-order valence-electron chi connectivity index (χ4n) is 3.41. The summed E-state index contributed by atoms with van der Waals surface area (Å²) >= 11 is 0. The van der Waals surface area contributed by atoms with Crippen molar-refractivity contribution < 1.29 is 9.84 Å². The van der Waals surface area contributed by atoms with Crippen molar-refractivity contribution in [3.8, 4) is 0 Å². The van der Waals surface area contributed by atoms with Crippen LogP contribution in [0.4, 0.5) is 0 Å². The molecule has 2 atom stereocenters. The maximum Gasteiger partial charge on any atom is 0.0586 e. The minimum atomic E-state index is 0.264. The highest BCUT2D eigenvalue weighted by Gasteiger charge is 2.38. The zero-order valence-corrected chi connectivity index (χ0v) is 12.4. The molecule has 0 bridgehead atoms. The number of hydrogen-bond donors (Lipinski definition) is 2. The molecule has 112 valence electrons. The quantitative estimate of drug-likeness (QED) is 0.683. The van der Waals surface area contributed by atoms with Gasteiger partial charge in [-0.3, -0.25) is 4.90 Å². The summed E-state index contributed by atoms with van der Waals surface area (Å²) in [6.45, 7) is 8.64. The van der Waals surface area contributed by atoms with Crippen LogP contribution in [0.2, 0.25) is 0 Å². The van der Waals surface area contributed by atoms with Gasteiger partial charge in [0.25, 0.3) is 0 Å². The lowest BCUT2D eigenvalue weighted by atomic mass is 9.85. The molecule has 2 N–H and O–H groups in total. The second kappa shape index (κ2) is 7.58. The number of aliphatic hydroxyl groups excluding tert-OH is 1. The van der Waals surface area contributed by atoms with E-state index in [1.807, 2.05) is 0 Å². The summed E-state index contributed by atoms with van der Waals surface area (Å²) in [4.78, 5) is 2.51. The first-order valence-corrected chi connectivity index (χ1v) is 7.93. The zero-order chi connectivity index (χ0) is 13.6. The third-order valence-corrected chi connectivity index (χ3v) is 4.61. The second-order valence-corrected chi connectivity index (χ2v) is 6.28. The molecule has 19 heavy (non-hydrogen) atoms. The Bertz CT molecular complexity index is 255. The molecule has 0 saturated carbocycles. The molecule has 2 saturated heterocycles. The lowest BCUT2D eigenvalue weighted by Crippen LogP contribution is -2.51. The van der Waals surface area contributed by atoms with Crippen molar-refractivity contribution in [1.82, 2.24) is 10.2 Å². The standard InChI is InChI=1S/C15H30N2O2/c1-2-7-16-11-15(6-9-19-13-15)12-17-8-4-3-5-14(17)10-18/h14,16,18H,2-13H2,1H3. The van der Waals surface area contributed by atoms with Gasteiger partial charge in [0.05, 0.1) is 13.2 Å². The average molecular weight is 270 g/mol. The van der Waals surface area contributed by atoms with Crippen LogP contribution in [0.5, 0.6) is 0 Å². The molecule has 0 amide bonds. The van der Waals surface area contributed by atoms with E-state index >= 15 is 0 Å². The minimum absolute atomic E-state index is 0.264. The van der Waals surface area contributed by atoms with Gasteiger partial charge < -0.3 is 15.2 Å². The second-order valence-electron chi connectivity index (χ2n) is 6.28. The monoisotopic (exact) mass is 270 g/mol. The predicted octanol–water partition coefficient (Wildman–Crippen LogP) is 1.24. The summed E-state index contributed by atoms with van der Waals surface area (Å²) in [6, 6.07) is 0.373. The van der Waals surface area contributed by atoms with Crippen molar-refractivity contribution in [2.24, 2.45) is 5.41 Å². The molecule has 2 heterocycles. The highest BCUT2D eigenvalue weighted by molar-refractivity contribution is 4.91. The molecule has 2 aliphatic rings. The third-order valence-electron chi connectivity index (χ3n) is 4.61. The van der Waals surface area contributed by atoms with Gasteiger partial charge in [0.1, 0.15) is 0 Å². The van der Waals surface area contributed by atoms with Crippen molar-refractivity contribution in [3.63, 3.8) is 0 Å². The molecule has 4 heteroatoms. The fraction of sp³-hybridized carbons (Fsp3) is 1.00. The summed E-state index contributed by atoms with van der Waals surface area (Å²) in [7, 11) is 0. The number of aliphatic hydroxyl groups is 1. The largest absolute Gasteiger partial charge is 0.395 e. The SMILES string of the molecule is CCCNCC1(CN2CCCCC2CO)CCOC1. The van der Waals surface area contributed by atoms with Crippen molar-refractivity contribution >= 4 is 0 Å². The van der Waals surface area contributed by atoms with Crippen molar-refractivity contribution in [3.05, 3.63) is 0 Å². The molecule has 4 nitrogen and oxygen atoms in total. The number of likely N-dealkylation sites (tertiary alicyclic amines) is 1. The first-order valence-electron chi connectivity index (χ1n) is 7.93. The van der Waals surface area contributed by atoms with Crippen LogP contribution >= 0.6 is 0 Å². The van der Waals surface area contributed by atoms with Gasteiger partial charge in [-0.1, -0.05) is 13.3 Å². The first-order chi connectivity index (χ1) is 9.29. The molecule has 2 rings (SSSR count). The van der Waals surface area contributed by atoms with Crippen LogP contribution in [0.15, 0.2) is 0 Å². The fourth-order valence-corrected chi connectivity index (χ4v) is 3.41. The highest BCUT2D eigenvalue weighted by Crippen LogP contribution is 2.31. The van der Waals surface area contributed by atoms with Crippen LogP contribution in [0.3, 0.4) is 0 Å². The Hall–Kier alpha value is -0.160. The molecule has 0 radical (unpaired) electrons. The summed E-state index contributed by atoms with van der Waals surface area (Å²) in [6.07, 6.45) is 6.02. The highest BCUT2D eigenvalue weighted by atomic mass is 16.5. The lowest BCUT2D eigenvalue weighted by Gasteiger charge is -2.41. The van der Waals surface area contributed by atoms with Crippen LogP contribution in [0.25, 0.3) is 0 Å². The normalized spacial score (nSPS) is 32.8. The molecule has 0 spiro atoms. The molecule has 0 aromatic carbocycles. The molecule has 0 aromatic heterocycles. The number of nitrogens with one attached hydrogen (secondary N) is 1. The van der Waals surface area contributed by atoms with Crippen molar-refractivity contribution in [2.75, 3.05) is 46.0 Å². The van der Waals surface area contributed by atoms with E-state index in [2.05, 4.69) is 17.1 Å². The van der Waals surface area contributed by atoms with Gasteiger partial charge in [0, 0.05) is 31.2 Å². The Kier molecular flexibility index (Phi) is 6.07. The molecule has 0 aliphatic carbocycles. The van der Waals surface area contributed by atoms with Crippen LogP contribution in [0.1, 0.15) is 39.0 Å². The van der Waals surface area contributed by atoms with E-state index in [1.165, 1.54) is 19.3 Å². The molecular formula is C15H30N2O2.